The van der Waals surface area contributed by atoms with E-state index in [-0.39, 0.29) is 0 Å². The summed E-state index contributed by atoms with van der Waals surface area (Å²) in [6.07, 6.45) is 4.64. The van der Waals surface area contributed by atoms with Gasteiger partial charge in [-0.1, -0.05) is 25.4 Å². The molecule has 0 saturated carbocycles. The van der Waals surface area contributed by atoms with Crippen molar-refractivity contribution >= 4 is 17.8 Å². The molecule has 0 aliphatic rings. The highest BCUT2D eigenvalue weighted by molar-refractivity contribution is 6.31. The molecule has 0 aliphatic heterocycles. The standard InChI is InChI=1S/C21H24ClN5O2/c1-14(2)18-9-19(22)15(3)7-21(18)29-11-17-8-16(5-6-20(17)28-4)10-24-26-27-13-23-12-25-27/h5-10,12-14,26H,11H2,1-4H3/b24-10-. The number of aryl methyl sites for hydroxylation is 1. The number of ether oxygens (including phenoxy) is 2. The Balaban J connectivity index is 1.78. The second kappa shape index (κ2) is 9.43. The first-order valence-electron chi connectivity index (χ1n) is 9.21. The first kappa shape index (κ1) is 20.7. The highest BCUT2D eigenvalue weighted by Crippen LogP contribution is 2.33. The molecule has 0 unspecified atom stereocenters. The predicted octanol–water partition coefficient (Wildman–Crippen LogP) is 4.53. The number of rotatable bonds is 8. The van der Waals surface area contributed by atoms with Crippen LogP contribution in [-0.2, 0) is 6.61 Å². The highest BCUT2D eigenvalue weighted by Gasteiger charge is 2.13. The zero-order valence-corrected chi connectivity index (χ0v) is 17.6. The van der Waals surface area contributed by atoms with E-state index in [0.29, 0.717) is 12.5 Å². The van der Waals surface area contributed by atoms with Crippen LogP contribution in [0.25, 0.3) is 0 Å². The number of halogens is 1. The Bertz CT molecular complexity index is 987. The second-order valence-corrected chi connectivity index (χ2v) is 7.26. The molecule has 0 amide bonds. The van der Waals surface area contributed by atoms with Crippen molar-refractivity contribution in [1.82, 2.24) is 14.9 Å². The van der Waals surface area contributed by atoms with Gasteiger partial charge in [-0.15, -0.1) is 9.89 Å². The van der Waals surface area contributed by atoms with Gasteiger partial charge in [-0.3, -0.25) is 0 Å². The van der Waals surface area contributed by atoms with Crippen LogP contribution in [0.5, 0.6) is 11.5 Å². The lowest BCUT2D eigenvalue weighted by molar-refractivity contribution is 0.292. The van der Waals surface area contributed by atoms with Crippen LogP contribution in [0.4, 0.5) is 0 Å². The van der Waals surface area contributed by atoms with Crippen molar-refractivity contribution in [3.05, 3.63) is 70.3 Å². The number of aromatic nitrogens is 3. The number of nitrogens with zero attached hydrogens (tertiary/aromatic N) is 4. The van der Waals surface area contributed by atoms with Crippen molar-refractivity contribution in [2.45, 2.75) is 33.3 Å². The van der Waals surface area contributed by atoms with Gasteiger partial charge in [0, 0.05) is 10.6 Å². The number of hydrogen-bond acceptors (Lipinski definition) is 6. The Morgan fingerprint density at radius 2 is 2.07 bits per heavy atom. The zero-order valence-electron chi connectivity index (χ0n) is 16.9. The van der Waals surface area contributed by atoms with Crippen LogP contribution in [0, 0.1) is 6.92 Å². The third kappa shape index (κ3) is 5.26. The predicted molar refractivity (Wildman–Crippen MR) is 115 cm³/mol. The van der Waals surface area contributed by atoms with Crippen molar-refractivity contribution in [2.75, 3.05) is 12.6 Å². The number of nitrogens with one attached hydrogen (secondary N) is 1. The average molecular weight is 414 g/mol. The molecule has 0 saturated heterocycles. The summed E-state index contributed by atoms with van der Waals surface area (Å²) in [6, 6.07) is 9.75. The van der Waals surface area contributed by atoms with Gasteiger partial charge < -0.3 is 9.47 Å². The molecule has 0 aliphatic carbocycles. The normalized spacial score (nSPS) is 11.2. The molecular formula is C21H24ClN5O2. The summed E-state index contributed by atoms with van der Waals surface area (Å²) in [5, 5.41) is 8.82. The first-order valence-corrected chi connectivity index (χ1v) is 9.59. The van der Waals surface area contributed by atoms with Crippen molar-refractivity contribution < 1.29 is 9.47 Å². The summed E-state index contributed by atoms with van der Waals surface area (Å²) < 4.78 is 11.6. The van der Waals surface area contributed by atoms with Gasteiger partial charge >= 0.3 is 0 Å². The minimum Gasteiger partial charge on any atom is -0.496 e. The van der Waals surface area contributed by atoms with E-state index in [1.165, 1.54) is 17.4 Å². The molecule has 1 heterocycles. The second-order valence-electron chi connectivity index (χ2n) is 6.85. The van der Waals surface area contributed by atoms with Crippen molar-refractivity contribution in [3.63, 3.8) is 0 Å². The number of hydrazone groups is 1. The van der Waals surface area contributed by atoms with E-state index in [1.807, 2.05) is 37.3 Å². The van der Waals surface area contributed by atoms with Gasteiger partial charge in [-0.25, -0.2) is 4.98 Å². The van der Waals surface area contributed by atoms with Crippen LogP contribution in [0.3, 0.4) is 0 Å². The quantitative estimate of drug-likeness (QED) is 0.434. The Kier molecular flexibility index (Phi) is 6.72. The Labute approximate surface area is 175 Å². The monoisotopic (exact) mass is 413 g/mol. The Morgan fingerprint density at radius 3 is 2.76 bits per heavy atom. The molecule has 7 nitrogen and oxygen atoms in total. The summed E-state index contributed by atoms with van der Waals surface area (Å²) >= 11 is 6.29. The lowest BCUT2D eigenvalue weighted by Crippen LogP contribution is -2.08. The third-order valence-electron chi connectivity index (χ3n) is 4.39. The van der Waals surface area contributed by atoms with Crippen LogP contribution >= 0.6 is 11.6 Å². The molecule has 3 rings (SSSR count). The maximum absolute atomic E-state index is 6.29. The SMILES string of the molecule is COc1ccc(/C=N\Nn2cncn2)cc1COc1cc(C)c(Cl)cc1C(C)C. The van der Waals surface area contributed by atoms with Crippen LogP contribution in [-0.4, -0.2) is 28.2 Å². The van der Waals surface area contributed by atoms with E-state index >= 15 is 0 Å². The number of benzene rings is 2. The molecule has 0 radical (unpaired) electrons. The molecular weight excluding hydrogens is 390 g/mol. The van der Waals surface area contributed by atoms with Gasteiger partial charge in [0.05, 0.1) is 13.3 Å². The van der Waals surface area contributed by atoms with Crippen molar-refractivity contribution in [2.24, 2.45) is 5.10 Å². The summed E-state index contributed by atoms with van der Waals surface area (Å²) in [5.41, 5.74) is 6.62. The third-order valence-corrected chi connectivity index (χ3v) is 4.80. The average Bonchev–Trinajstić information content (AvgIpc) is 3.22. The van der Waals surface area contributed by atoms with Gasteiger partial charge in [0.25, 0.3) is 0 Å². The minimum atomic E-state index is 0.298. The van der Waals surface area contributed by atoms with Crippen LogP contribution in [0.15, 0.2) is 48.1 Å². The highest BCUT2D eigenvalue weighted by atomic mass is 35.5. The van der Waals surface area contributed by atoms with E-state index in [9.17, 15) is 0 Å². The van der Waals surface area contributed by atoms with Gasteiger partial charge in [0.15, 0.2) is 0 Å². The smallest absolute Gasteiger partial charge is 0.139 e. The van der Waals surface area contributed by atoms with E-state index in [4.69, 9.17) is 21.1 Å². The van der Waals surface area contributed by atoms with E-state index < -0.39 is 0 Å². The van der Waals surface area contributed by atoms with Gasteiger partial charge in [0.2, 0.25) is 0 Å². The van der Waals surface area contributed by atoms with Gasteiger partial charge in [-0.05, 0) is 59.9 Å². The molecule has 3 aromatic rings. The molecule has 0 spiro atoms. The summed E-state index contributed by atoms with van der Waals surface area (Å²) in [5.74, 6) is 1.88. The summed E-state index contributed by atoms with van der Waals surface area (Å²) in [6.45, 7) is 6.57. The molecule has 0 fully saturated rings. The van der Waals surface area contributed by atoms with E-state index in [1.54, 1.807) is 13.3 Å². The Morgan fingerprint density at radius 1 is 1.24 bits per heavy atom. The van der Waals surface area contributed by atoms with Crippen LogP contribution < -0.4 is 15.0 Å². The number of hydrogen-bond donors (Lipinski definition) is 1. The summed E-state index contributed by atoms with van der Waals surface area (Å²) in [7, 11) is 1.64. The maximum atomic E-state index is 6.29. The number of methoxy groups -OCH3 is 1. The first-order chi connectivity index (χ1) is 14.0. The molecule has 2 aromatic carbocycles. The topological polar surface area (TPSA) is 73.6 Å². The van der Waals surface area contributed by atoms with Crippen LogP contribution in [0.2, 0.25) is 5.02 Å². The van der Waals surface area contributed by atoms with Crippen molar-refractivity contribution in [1.29, 1.82) is 0 Å². The van der Waals surface area contributed by atoms with E-state index in [2.05, 4.69) is 34.6 Å². The fourth-order valence-electron chi connectivity index (χ4n) is 2.82. The maximum Gasteiger partial charge on any atom is 0.139 e. The molecule has 8 heteroatoms. The lowest BCUT2D eigenvalue weighted by Gasteiger charge is -2.17. The molecule has 29 heavy (non-hydrogen) atoms. The minimum absolute atomic E-state index is 0.298. The molecule has 1 aromatic heterocycles. The zero-order chi connectivity index (χ0) is 20.8. The fourth-order valence-corrected chi connectivity index (χ4v) is 2.99. The van der Waals surface area contributed by atoms with Gasteiger partial charge in [0.1, 0.15) is 30.8 Å². The molecule has 152 valence electrons. The lowest BCUT2D eigenvalue weighted by atomic mass is 10.0. The molecule has 1 N–H and O–H groups in total. The Hall–Kier alpha value is -3.06. The van der Waals surface area contributed by atoms with Gasteiger partial charge in [-0.2, -0.15) is 10.6 Å². The fraction of sp³-hybridized carbons (Fsp3) is 0.286. The van der Waals surface area contributed by atoms with Crippen LogP contribution in [0.1, 0.15) is 42.0 Å². The largest absolute Gasteiger partial charge is 0.496 e. The summed E-state index contributed by atoms with van der Waals surface area (Å²) in [4.78, 5) is 5.25. The molecule has 0 bridgehead atoms. The van der Waals surface area contributed by atoms with Crippen molar-refractivity contribution in [3.8, 4) is 11.5 Å². The van der Waals surface area contributed by atoms with E-state index in [0.717, 1.165) is 38.8 Å². The molecule has 0 atom stereocenters.